The first-order valence-electron chi connectivity index (χ1n) is 4.50. The number of nitrogens with zero attached hydrogens (tertiary/aromatic N) is 1. The third kappa shape index (κ3) is 3.03. The topological polar surface area (TPSA) is 45.1 Å². The van der Waals surface area contributed by atoms with Gasteiger partial charge in [0.15, 0.2) is 0 Å². The number of hydrogen-bond acceptors (Lipinski definition) is 3. The van der Waals surface area contributed by atoms with Gasteiger partial charge in [-0.3, -0.25) is 0 Å². The number of hydrogen-bond donors (Lipinski definition) is 2. The molecule has 3 heteroatoms. The lowest BCUT2D eigenvalue weighted by molar-refractivity contribution is 0.224. The van der Waals surface area contributed by atoms with Gasteiger partial charge < -0.3 is 10.4 Å². The number of anilines is 1. The largest absolute Gasteiger partial charge is 0.374 e. The maximum Gasteiger partial charge on any atom is 0.127 e. The average molecular weight is 180 g/mol. The zero-order valence-electron chi connectivity index (χ0n) is 8.28. The normalized spacial score (nSPS) is 13.0. The Morgan fingerprint density at radius 1 is 1.31 bits per heavy atom. The summed E-state index contributed by atoms with van der Waals surface area (Å²) in [6.07, 6.45) is 1.27. The van der Waals surface area contributed by atoms with E-state index in [0.717, 1.165) is 0 Å². The Kier molecular flexibility index (Phi) is 3.25. The Morgan fingerprint density at radius 2 is 2.00 bits per heavy atom. The summed E-state index contributed by atoms with van der Waals surface area (Å²) in [6.45, 7) is 5.91. The van der Waals surface area contributed by atoms with E-state index in [1.54, 1.807) is 6.92 Å². The van der Waals surface area contributed by atoms with Crippen molar-refractivity contribution >= 4 is 5.82 Å². The smallest absolute Gasteiger partial charge is 0.127 e. The van der Waals surface area contributed by atoms with Crippen LogP contribution in [0.3, 0.4) is 0 Å². The zero-order valence-corrected chi connectivity index (χ0v) is 8.28. The lowest BCUT2D eigenvalue weighted by Crippen LogP contribution is -2.14. The third-order valence-corrected chi connectivity index (χ3v) is 1.81. The highest BCUT2D eigenvalue weighted by Crippen LogP contribution is 2.14. The molecule has 0 spiro atoms. The molecule has 13 heavy (non-hydrogen) atoms. The predicted molar refractivity (Wildman–Crippen MR) is 53.6 cm³/mol. The maximum absolute atomic E-state index is 9.03. The lowest BCUT2D eigenvalue weighted by Gasteiger charge is -2.09. The molecule has 1 atom stereocenters. The van der Waals surface area contributed by atoms with Crippen LogP contribution in [0.2, 0.25) is 0 Å². The van der Waals surface area contributed by atoms with Crippen LogP contribution in [0, 0.1) is 0 Å². The van der Waals surface area contributed by atoms with Crippen LogP contribution in [0.15, 0.2) is 18.3 Å². The van der Waals surface area contributed by atoms with E-state index in [9.17, 15) is 0 Å². The number of rotatable bonds is 3. The van der Waals surface area contributed by atoms with Gasteiger partial charge in [-0.1, -0.05) is 19.9 Å². The maximum atomic E-state index is 9.03. The number of aromatic nitrogens is 1. The first-order valence-corrected chi connectivity index (χ1v) is 4.50. The van der Waals surface area contributed by atoms with E-state index >= 15 is 0 Å². The molecule has 0 bridgehead atoms. The van der Waals surface area contributed by atoms with Crippen LogP contribution in [-0.2, 0) is 0 Å². The minimum Gasteiger partial charge on any atom is -0.374 e. The summed E-state index contributed by atoms with van der Waals surface area (Å²) in [5.74, 6) is 1.20. The van der Waals surface area contributed by atoms with Crippen molar-refractivity contribution in [2.75, 3.05) is 5.32 Å². The zero-order chi connectivity index (χ0) is 9.84. The standard InChI is InChI=1S/C10H16N2O/c1-7(2)9-4-5-10(11-6-9)12-8(3)13/h4-8,13H,1-3H3,(H,11,12). The number of aliphatic hydroxyl groups is 1. The Labute approximate surface area is 78.8 Å². The van der Waals surface area contributed by atoms with Crippen LogP contribution in [0.5, 0.6) is 0 Å². The molecule has 1 unspecified atom stereocenters. The highest BCUT2D eigenvalue weighted by molar-refractivity contribution is 5.36. The molecule has 0 aliphatic rings. The first-order chi connectivity index (χ1) is 6.09. The summed E-state index contributed by atoms with van der Waals surface area (Å²) in [5.41, 5.74) is 1.20. The highest BCUT2D eigenvalue weighted by Gasteiger charge is 2.00. The monoisotopic (exact) mass is 180 g/mol. The third-order valence-electron chi connectivity index (χ3n) is 1.81. The van der Waals surface area contributed by atoms with Gasteiger partial charge in [-0.2, -0.15) is 0 Å². The fourth-order valence-corrected chi connectivity index (χ4v) is 1.05. The van der Waals surface area contributed by atoms with Gasteiger partial charge in [0.25, 0.3) is 0 Å². The van der Waals surface area contributed by atoms with Gasteiger partial charge in [-0.15, -0.1) is 0 Å². The van der Waals surface area contributed by atoms with E-state index in [0.29, 0.717) is 11.7 Å². The fraction of sp³-hybridized carbons (Fsp3) is 0.500. The molecule has 1 aromatic rings. The lowest BCUT2D eigenvalue weighted by atomic mass is 10.1. The second kappa shape index (κ2) is 4.23. The van der Waals surface area contributed by atoms with E-state index in [-0.39, 0.29) is 0 Å². The van der Waals surface area contributed by atoms with Gasteiger partial charge in [0.05, 0.1) is 0 Å². The van der Waals surface area contributed by atoms with Crippen molar-refractivity contribution in [3.63, 3.8) is 0 Å². The Balaban J connectivity index is 2.70. The van der Waals surface area contributed by atoms with Gasteiger partial charge in [0.2, 0.25) is 0 Å². The molecule has 1 rings (SSSR count). The molecular formula is C10H16N2O. The molecule has 2 N–H and O–H groups in total. The second-order valence-corrected chi connectivity index (χ2v) is 3.45. The van der Waals surface area contributed by atoms with Gasteiger partial charge >= 0.3 is 0 Å². The van der Waals surface area contributed by atoms with Crippen LogP contribution < -0.4 is 5.32 Å². The van der Waals surface area contributed by atoms with E-state index < -0.39 is 6.23 Å². The molecule has 0 amide bonds. The van der Waals surface area contributed by atoms with Crippen molar-refractivity contribution in [2.45, 2.75) is 32.9 Å². The molecular weight excluding hydrogens is 164 g/mol. The van der Waals surface area contributed by atoms with Crippen molar-refractivity contribution in [1.82, 2.24) is 4.98 Å². The molecule has 72 valence electrons. The summed E-state index contributed by atoms with van der Waals surface area (Å²) >= 11 is 0. The average Bonchev–Trinajstić information content (AvgIpc) is 2.04. The molecule has 0 fully saturated rings. The van der Waals surface area contributed by atoms with Crippen molar-refractivity contribution in [1.29, 1.82) is 0 Å². The van der Waals surface area contributed by atoms with E-state index in [1.165, 1.54) is 5.56 Å². The van der Waals surface area contributed by atoms with Gasteiger partial charge in [0, 0.05) is 6.20 Å². The van der Waals surface area contributed by atoms with E-state index in [1.807, 2.05) is 18.3 Å². The van der Waals surface area contributed by atoms with Crippen molar-refractivity contribution in [3.8, 4) is 0 Å². The molecule has 1 aromatic heterocycles. The number of aliphatic hydroxyl groups excluding tert-OH is 1. The molecule has 0 saturated carbocycles. The van der Waals surface area contributed by atoms with Crippen LogP contribution in [0.1, 0.15) is 32.3 Å². The van der Waals surface area contributed by atoms with Crippen LogP contribution in [-0.4, -0.2) is 16.3 Å². The summed E-state index contributed by atoms with van der Waals surface area (Å²) in [4.78, 5) is 4.17. The van der Waals surface area contributed by atoms with Crippen LogP contribution in [0.4, 0.5) is 5.82 Å². The summed E-state index contributed by atoms with van der Waals surface area (Å²) in [5, 5.41) is 11.8. The van der Waals surface area contributed by atoms with Crippen molar-refractivity contribution in [3.05, 3.63) is 23.9 Å². The van der Waals surface area contributed by atoms with Gasteiger partial charge in [-0.05, 0) is 24.5 Å². The van der Waals surface area contributed by atoms with E-state index in [2.05, 4.69) is 24.1 Å². The molecule has 0 radical (unpaired) electrons. The Bertz CT molecular complexity index is 254. The Morgan fingerprint density at radius 3 is 2.38 bits per heavy atom. The predicted octanol–water partition coefficient (Wildman–Crippen LogP) is 1.96. The fourth-order valence-electron chi connectivity index (χ4n) is 1.05. The van der Waals surface area contributed by atoms with Crippen molar-refractivity contribution in [2.24, 2.45) is 0 Å². The van der Waals surface area contributed by atoms with Crippen LogP contribution in [0.25, 0.3) is 0 Å². The summed E-state index contributed by atoms with van der Waals surface area (Å²) in [6, 6.07) is 3.89. The minimum atomic E-state index is -0.558. The molecule has 0 aromatic carbocycles. The van der Waals surface area contributed by atoms with Crippen LogP contribution >= 0.6 is 0 Å². The summed E-state index contributed by atoms with van der Waals surface area (Å²) < 4.78 is 0. The SMILES string of the molecule is CC(O)Nc1ccc(C(C)C)cn1. The summed E-state index contributed by atoms with van der Waals surface area (Å²) in [7, 11) is 0. The molecule has 1 heterocycles. The minimum absolute atomic E-state index is 0.494. The molecule has 0 aliphatic heterocycles. The highest BCUT2D eigenvalue weighted by atomic mass is 16.3. The molecule has 0 saturated heterocycles. The molecule has 3 nitrogen and oxygen atoms in total. The quantitative estimate of drug-likeness (QED) is 0.699. The molecule has 0 aliphatic carbocycles. The second-order valence-electron chi connectivity index (χ2n) is 3.45. The van der Waals surface area contributed by atoms with Gasteiger partial charge in [0.1, 0.15) is 12.0 Å². The number of pyridine rings is 1. The van der Waals surface area contributed by atoms with Gasteiger partial charge in [-0.25, -0.2) is 4.98 Å². The Hall–Kier alpha value is -1.09. The number of nitrogens with one attached hydrogen (secondary N) is 1. The van der Waals surface area contributed by atoms with E-state index in [4.69, 9.17) is 5.11 Å². The van der Waals surface area contributed by atoms with Crippen molar-refractivity contribution < 1.29 is 5.11 Å². The first kappa shape index (κ1) is 9.99.